The van der Waals surface area contributed by atoms with Crippen LogP contribution in [0.25, 0.3) is 0 Å². The van der Waals surface area contributed by atoms with Crippen molar-refractivity contribution in [2.45, 2.75) is 25.7 Å². The first-order valence-corrected chi connectivity index (χ1v) is 5.68. The van der Waals surface area contributed by atoms with Gasteiger partial charge in [-0.3, -0.25) is 0 Å². The molecule has 1 aromatic rings. The Balaban J connectivity index is 2.17. The Labute approximate surface area is 92.1 Å². The third-order valence-corrected chi connectivity index (χ3v) is 2.98. The average molecular weight is 199 g/mol. The van der Waals surface area contributed by atoms with Gasteiger partial charge in [-0.1, -0.05) is 18.2 Å². The summed E-state index contributed by atoms with van der Waals surface area (Å²) in [5.41, 5.74) is 2.79. The molecule has 2 rings (SSSR count). The summed E-state index contributed by atoms with van der Waals surface area (Å²) >= 11 is 0. The molecule has 0 aromatic heterocycles. The highest BCUT2D eigenvalue weighted by molar-refractivity contribution is 5.54. The maximum Gasteiger partial charge on any atom is 0.0399 e. The Morgan fingerprint density at radius 3 is 2.67 bits per heavy atom. The van der Waals surface area contributed by atoms with Crippen molar-refractivity contribution in [2.75, 3.05) is 18.0 Å². The van der Waals surface area contributed by atoms with Crippen molar-refractivity contribution < 1.29 is 0 Å². The molecule has 78 valence electrons. The van der Waals surface area contributed by atoms with Gasteiger partial charge in [-0.15, -0.1) is 12.3 Å². The molecular weight excluding hydrogens is 182 g/mol. The molecule has 1 aromatic carbocycles. The molecule has 0 amide bonds. The summed E-state index contributed by atoms with van der Waals surface area (Å²) < 4.78 is 0. The molecule has 1 heteroatoms. The molecule has 0 saturated carbocycles. The summed E-state index contributed by atoms with van der Waals surface area (Å²) in [7, 11) is 0. The summed E-state index contributed by atoms with van der Waals surface area (Å²) in [6.07, 6.45) is 9.80. The van der Waals surface area contributed by atoms with Crippen LogP contribution in [0, 0.1) is 12.3 Å². The van der Waals surface area contributed by atoms with Gasteiger partial charge in [0.05, 0.1) is 0 Å². The van der Waals surface area contributed by atoms with E-state index in [1.54, 1.807) is 0 Å². The molecule has 0 spiro atoms. The molecule has 0 aliphatic carbocycles. The summed E-state index contributed by atoms with van der Waals surface area (Å²) in [5.74, 6) is 2.72. The van der Waals surface area contributed by atoms with E-state index in [0.717, 1.165) is 12.8 Å². The second-order valence-corrected chi connectivity index (χ2v) is 4.03. The lowest BCUT2D eigenvalue weighted by molar-refractivity contribution is 0.934. The maximum atomic E-state index is 5.32. The van der Waals surface area contributed by atoms with Gasteiger partial charge in [0, 0.05) is 25.2 Å². The van der Waals surface area contributed by atoms with Gasteiger partial charge in [0.15, 0.2) is 0 Å². The SMILES string of the molecule is C#CCCc1ccccc1N1CCCC1. The van der Waals surface area contributed by atoms with E-state index in [2.05, 4.69) is 35.1 Å². The van der Waals surface area contributed by atoms with Gasteiger partial charge in [-0.05, 0) is 30.9 Å². The van der Waals surface area contributed by atoms with Crippen molar-refractivity contribution in [1.82, 2.24) is 0 Å². The Morgan fingerprint density at radius 1 is 1.20 bits per heavy atom. The zero-order valence-corrected chi connectivity index (χ0v) is 9.08. The molecule has 0 atom stereocenters. The molecule has 1 saturated heterocycles. The number of terminal acetylenes is 1. The Kier molecular flexibility index (Phi) is 3.29. The Hall–Kier alpha value is -1.42. The minimum absolute atomic E-state index is 0.838. The number of aryl methyl sites for hydroxylation is 1. The number of para-hydroxylation sites is 1. The number of hydrogen-bond acceptors (Lipinski definition) is 1. The molecule has 1 nitrogen and oxygen atoms in total. The highest BCUT2D eigenvalue weighted by Crippen LogP contribution is 2.25. The van der Waals surface area contributed by atoms with Gasteiger partial charge in [-0.25, -0.2) is 0 Å². The van der Waals surface area contributed by atoms with Crippen molar-refractivity contribution in [3.05, 3.63) is 29.8 Å². The van der Waals surface area contributed by atoms with Crippen LogP contribution >= 0.6 is 0 Å². The lowest BCUT2D eigenvalue weighted by Gasteiger charge is -2.20. The number of nitrogens with zero attached hydrogens (tertiary/aromatic N) is 1. The van der Waals surface area contributed by atoms with E-state index in [9.17, 15) is 0 Å². The maximum absolute atomic E-state index is 5.32. The van der Waals surface area contributed by atoms with E-state index in [4.69, 9.17) is 6.42 Å². The normalized spacial score (nSPS) is 15.3. The first-order chi connectivity index (χ1) is 7.42. The van der Waals surface area contributed by atoms with E-state index < -0.39 is 0 Å². The van der Waals surface area contributed by atoms with Crippen LogP contribution in [0.3, 0.4) is 0 Å². The minimum atomic E-state index is 0.838. The molecule has 0 radical (unpaired) electrons. The van der Waals surface area contributed by atoms with Crippen LogP contribution in [0.15, 0.2) is 24.3 Å². The zero-order valence-electron chi connectivity index (χ0n) is 9.08. The van der Waals surface area contributed by atoms with Crippen molar-refractivity contribution in [2.24, 2.45) is 0 Å². The van der Waals surface area contributed by atoms with Crippen molar-refractivity contribution >= 4 is 5.69 Å². The fourth-order valence-corrected chi connectivity index (χ4v) is 2.20. The van der Waals surface area contributed by atoms with Gasteiger partial charge < -0.3 is 4.90 Å². The fourth-order valence-electron chi connectivity index (χ4n) is 2.20. The number of hydrogen-bond donors (Lipinski definition) is 0. The van der Waals surface area contributed by atoms with Gasteiger partial charge >= 0.3 is 0 Å². The first kappa shape index (κ1) is 10.1. The highest BCUT2D eigenvalue weighted by Gasteiger charge is 2.14. The molecule has 0 unspecified atom stereocenters. The summed E-state index contributed by atoms with van der Waals surface area (Å²) in [6.45, 7) is 2.40. The zero-order chi connectivity index (χ0) is 10.5. The Bertz CT molecular complexity index is 356. The number of benzene rings is 1. The molecule has 0 bridgehead atoms. The van der Waals surface area contributed by atoms with E-state index in [1.165, 1.54) is 37.2 Å². The van der Waals surface area contributed by atoms with Crippen LogP contribution in [0.2, 0.25) is 0 Å². The number of anilines is 1. The predicted molar refractivity (Wildman–Crippen MR) is 65.0 cm³/mol. The lowest BCUT2D eigenvalue weighted by atomic mass is 10.1. The summed E-state index contributed by atoms with van der Waals surface area (Å²) in [4.78, 5) is 2.48. The summed E-state index contributed by atoms with van der Waals surface area (Å²) in [5, 5.41) is 0. The lowest BCUT2D eigenvalue weighted by Crippen LogP contribution is -2.19. The van der Waals surface area contributed by atoms with E-state index in [0.29, 0.717) is 0 Å². The van der Waals surface area contributed by atoms with Crippen LogP contribution in [0.4, 0.5) is 5.69 Å². The van der Waals surface area contributed by atoms with E-state index in [-0.39, 0.29) is 0 Å². The van der Waals surface area contributed by atoms with Crippen LogP contribution in [0.1, 0.15) is 24.8 Å². The van der Waals surface area contributed by atoms with Crippen molar-refractivity contribution in [3.63, 3.8) is 0 Å². The standard InChI is InChI=1S/C14H17N/c1-2-3-8-13-9-4-5-10-14(13)15-11-6-7-12-15/h1,4-5,9-10H,3,6-8,11-12H2. The molecule has 1 aliphatic rings. The van der Waals surface area contributed by atoms with Crippen LogP contribution in [-0.4, -0.2) is 13.1 Å². The van der Waals surface area contributed by atoms with Crippen LogP contribution < -0.4 is 4.90 Å². The second kappa shape index (κ2) is 4.89. The third kappa shape index (κ3) is 2.33. The smallest absolute Gasteiger partial charge is 0.0399 e. The van der Waals surface area contributed by atoms with Gasteiger partial charge in [0.1, 0.15) is 0 Å². The fraction of sp³-hybridized carbons (Fsp3) is 0.429. The number of rotatable bonds is 3. The second-order valence-electron chi connectivity index (χ2n) is 4.03. The van der Waals surface area contributed by atoms with Crippen LogP contribution in [-0.2, 0) is 6.42 Å². The third-order valence-electron chi connectivity index (χ3n) is 2.98. The van der Waals surface area contributed by atoms with Crippen molar-refractivity contribution in [1.29, 1.82) is 0 Å². The van der Waals surface area contributed by atoms with Gasteiger partial charge in [-0.2, -0.15) is 0 Å². The molecule has 15 heavy (non-hydrogen) atoms. The average Bonchev–Trinajstić information content (AvgIpc) is 2.80. The monoisotopic (exact) mass is 199 g/mol. The van der Waals surface area contributed by atoms with Gasteiger partial charge in [0.25, 0.3) is 0 Å². The molecule has 0 N–H and O–H groups in total. The topological polar surface area (TPSA) is 3.24 Å². The molecular formula is C14H17N. The molecule has 1 fully saturated rings. The van der Waals surface area contributed by atoms with Crippen LogP contribution in [0.5, 0.6) is 0 Å². The minimum Gasteiger partial charge on any atom is -0.371 e. The van der Waals surface area contributed by atoms with E-state index >= 15 is 0 Å². The highest BCUT2D eigenvalue weighted by atomic mass is 15.1. The first-order valence-electron chi connectivity index (χ1n) is 5.68. The molecule has 1 heterocycles. The summed E-state index contributed by atoms with van der Waals surface area (Å²) in [6, 6.07) is 8.64. The molecule has 1 aliphatic heterocycles. The Morgan fingerprint density at radius 2 is 1.93 bits per heavy atom. The quantitative estimate of drug-likeness (QED) is 0.677. The predicted octanol–water partition coefficient (Wildman–Crippen LogP) is 2.85. The largest absolute Gasteiger partial charge is 0.371 e. The van der Waals surface area contributed by atoms with Gasteiger partial charge in [0.2, 0.25) is 0 Å². The van der Waals surface area contributed by atoms with E-state index in [1.807, 2.05) is 0 Å². The van der Waals surface area contributed by atoms with Crippen molar-refractivity contribution in [3.8, 4) is 12.3 Å².